The summed E-state index contributed by atoms with van der Waals surface area (Å²) in [6, 6.07) is 6.83. The minimum Gasteiger partial charge on any atom is -0.383 e. The number of nitrogens with one attached hydrogen (secondary N) is 1. The van der Waals surface area contributed by atoms with Crippen molar-refractivity contribution in [2.75, 3.05) is 19.0 Å². The van der Waals surface area contributed by atoms with Gasteiger partial charge in [0.2, 0.25) is 5.91 Å². The van der Waals surface area contributed by atoms with E-state index in [1.807, 2.05) is 18.4 Å². The van der Waals surface area contributed by atoms with Crippen LogP contribution in [0.2, 0.25) is 0 Å². The SMILES string of the molecule is COCCn1c(C)nnc1S[C@@H](C)C(=O)Nc1ccc(C(C)=O)cc1. The van der Waals surface area contributed by atoms with Gasteiger partial charge < -0.3 is 14.6 Å². The second-order valence-electron chi connectivity index (χ2n) is 5.56. The normalized spacial score (nSPS) is 12.0. The molecule has 8 heteroatoms. The summed E-state index contributed by atoms with van der Waals surface area (Å²) < 4.78 is 7.02. The molecule has 1 aromatic heterocycles. The zero-order valence-electron chi connectivity index (χ0n) is 14.8. The lowest BCUT2D eigenvalue weighted by Crippen LogP contribution is -2.23. The Bertz CT molecular complexity index is 743. The van der Waals surface area contributed by atoms with Gasteiger partial charge in [0.15, 0.2) is 10.9 Å². The lowest BCUT2D eigenvalue weighted by Gasteiger charge is -2.13. The van der Waals surface area contributed by atoms with Gasteiger partial charge >= 0.3 is 0 Å². The smallest absolute Gasteiger partial charge is 0.237 e. The van der Waals surface area contributed by atoms with Crippen LogP contribution in [-0.2, 0) is 16.1 Å². The number of rotatable bonds is 8. The first-order valence-corrected chi connectivity index (χ1v) is 8.77. The molecule has 0 spiro atoms. The highest BCUT2D eigenvalue weighted by atomic mass is 32.2. The summed E-state index contributed by atoms with van der Waals surface area (Å²) in [6.07, 6.45) is 0. The van der Waals surface area contributed by atoms with Crippen LogP contribution in [-0.4, -0.2) is 45.4 Å². The van der Waals surface area contributed by atoms with E-state index in [0.717, 1.165) is 5.82 Å². The Labute approximate surface area is 151 Å². The van der Waals surface area contributed by atoms with Crippen LogP contribution in [0, 0.1) is 6.92 Å². The molecule has 0 saturated carbocycles. The molecule has 1 atom stereocenters. The van der Waals surface area contributed by atoms with Crippen molar-refractivity contribution in [3.05, 3.63) is 35.7 Å². The predicted molar refractivity (Wildman–Crippen MR) is 97.0 cm³/mol. The fourth-order valence-electron chi connectivity index (χ4n) is 2.13. The Morgan fingerprint density at radius 1 is 1.28 bits per heavy atom. The van der Waals surface area contributed by atoms with Gasteiger partial charge in [-0.1, -0.05) is 11.8 Å². The number of anilines is 1. The van der Waals surface area contributed by atoms with E-state index in [-0.39, 0.29) is 16.9 Å². The summed E-state index contributed by atoms with van der Waals surface area (Å²) in [7, 11) is 1.64. The molecule has 0 aliphatic carbocycles. The van der Waals surface area contributed by atoms with Crippen LogP contribution >= 0.6 is 11.8 Å². The summed E-state index contributed by atoms with van der Waals surface area (Å²) in [4.78, 5) is 23.7. The van der Waals surface area contributed by atoms with Gasteiger partial charge in [-0.3, -0.25) is 9.59 Å². The standard InChI is InChI=1S/C17H22N4O3S/c1-11(22)14-5-7-15(8-6-14)18-16(23)12(2)25-17-20-19-13(3)21(17)9-10-24-4/h5-8,12H,9-10H2,1-4H3,(H,18,23)/t12-/m0/s1. The third-order valence-electron chi connectivity index (χ3n) is 3.63. The molecule has 1 N–H and O–H groups in total. The van der Waals surface area contributed by atoms with Crippen molar-refractivity contribution >= 4 is 29.1 Å². The fourth-order valence-corrected chi connectivity index (χ4v) is 3.05. The minimum atomic E-state index is -0.350. The van der Waals surface area contributed by atoms with Crippen molar-refractivity contribution in [3.63, 3.8) is 0 Å². The number of hydrogen-bond donors (Lipinski definition) is 1. The van der Waals surface area contributed by atoms with Gasteiger partial charge in [-0.05, 0) is 45.0 Å². The topological polar surface area (TPSA) is 86.1 Å². The van der Waals surface area contributed by atoms with Gasteiger partial charge in [-0.2, -0.15) is 0 Å². The number of Topliss-reactive ketones (excluding diaryl/α,β-unsaturated/α-hetero) is 1. The maximum Gasteiger partial charge on any atom is 0.237 e. The number of methoxy groups -OCH3 is 1. The van der Waals surface area contributed by atoms with E-state index in [1.165, 1.54) is 18.7 Å². The maximum absolute atomic E-state index is 12.4. The number of thioether (sulfide) groups is 1. The molecule has 1 aromatic carbocycles. The number of amides is 1. The van der Waals surface area contributed by atoms with Crippen molar-refractivity contribution in [1.82, 2.24) is 14.8 Å². The molecule has 0 aliphatic heterocycles. The lowest BCUT2D eigenvalue weighted by atomic mass is 10.1. The van der Waals surface area contributed by atoms with Crippen molar-refractivity contribution in [2.24, 2.45) is 0 Å². The zero-order chi connectivity index (χ0) is 18.4. The van der Waals surface area contributed by atoms with E-state index in [1.54, 1.807) is 31.4 Å². The molecule has 134 valence electrons. The zero-order valence-corrected chi connectivity index (χ0v) is 15.6. The molecule has 0 radical (unpaired) electrons. The van der Waals surface area contributed by atoms with Gasteiger partial charge in [0.1, 0.15) is 5.82 Å². The van der Waals surface area contributed by atoms with Crippen LogP contribution in [0.4, 0.5) is 5.69 Å². The highest BCUT2D eigenvalue weighted by Gasteiger charge is 2.19. The third-order valence-corrected chi connectivity index (χ3v) is 4.71. The molecule has 0 saturated heterocycles. The second kappa shape index (κ2) is 8.77. The first-order chi connectivity index (χ1) is 11.9. The maximum atomic E-state index is 12.4. The number of nitrogens with zero attached hydrogens (tertiary/aromatic N) is 3. The van der Waals surface area contributed by atoms with E-state index < -0.39 is 0 Å². The first-order valence-electron chi connectivity index (χ1n) is 7.89. The highest BCUT2D eigenvalue weighted by molar-refractivity contribution is 8.00. The average molecular weight is 362 g/mol. The molecule has 1 heterocycles. The van der Waals surface area contributed by atoms with Crippen LogP contribution in [0.25, 0.3) is 0 Å². The quantitative estimate of drug-likeness (QED) is 0.574. The van der Waals surface area contributed by atoms with Gasteiger partial charge in [0.05, 0.1) is 11.9 Å². The molecular weight excluding hydrogens is 340 g/mol. The molecule has 1 amide bonds. The van der Waals surface area contributed by atoms with E-state index in [0.29, 0.717) is 29.6 Å². The monoisotopic (exact) mass is 362 g/mol. The Kier molecular flexibility index (Phi) is 6.72. The highest BCUT2D eigenvalue weighted by Crippen LogP contribution is 2.23. The number of aryl methyl sites for hydroxylation is 1. The Balaban J connectivity index is 1.99. The number of hydrogen-bond acceptors (Lipinski definition) is 6. The van der Waals surface area contributed by atoms with Crippen LogP contribution < -0.4 is 5.32 Å². The van der Waals surface area contributed by atoms with Crippen molar-refractivity contribution in [3.8, 4) is 0 Å². The van der Waals surface area contributed by atoms with Crippen LogP contribution in [0.5, 0.6) is 0 Å². The Morgan fingerprint density at radius 2 is 1.96 bits per heavy atom. The van der Waals surface area contributed by atoms with Gasteiger partial charge in [0, 0.05) is 24.9 Å². The molecule has 0 unspecified atom stereocenters. The van der Waals surface area contributed by atoms with Crippen LogP contribution in [0.3, 0.4) is 0 Å². The van der Waals surface area contributed by atoms with Gasteiger partial charge in [-0.15, -0.1) is 10.2 Å². The van der Waals surface area contributed by atoms with Gasteiger partial charge in [-0.25, -0.2) is 0 Å². The van der Waals surface area contributed by atoms with E-state index >= 15 is 0 Å². The first kappa shape index (κ1) is 19.1. The molecule has 2 aromatic rings. The number of benzene rings is 1. The largest absolute Gasteiger partial charge is 0.383 e. The van der Waals surface area contributed by atoms with Crippen LogP contribution in [0.15, 0.2) is 29.4 Å². The summed E-state index contributed by atoms with van der Waals surface area (Å²) in [5.74, 6) is 0.638. The van der Waals surface area contributed by atoms with E-state index in [4.69, 9.17) is 4.74 Å². The predicted octanol–water partition coefficient (Wildman–Crippen LogP) is 2.55. The summed E-state index contributed by atoms with van der Waals surface area (Å²) in [5.41, 5.74) is 1.27. The average Bonchev–Trinajstić information content (AvgIpc) is 2.93. The molecular formula is C17H22N4O3S. The third kappa shape index (κ3) is 5.14. The van der Waals surface area contributed by atoms with E-state index in [9.17, 15) is 9.59 Å². The summed E-state index contributed by atoms with van der Waals surface area (Å²) >= 11 is 1.34. The number of carbonyl (C=O) groups is 2. The van der Waals surface area contributed by atoms with Gasteiger partial charge in [0.25, 0.3) is 0 Å². The summed E-state index contributed by atoms with van der Waals surface area (Å²) in [6.45, 7) is 6.38. The number of carbonyl (C=O) groups excluding carboxylic acids is 2. The van der Waals surface area contributed by atoms with Crippen molar-refractivity contribution in [1.29, 1.82) is 0 Å². The molecule has 0 fully saturated rings. The minimum absolute atomic E-state index is 0.00688. The van der Waals surface area contributed by atoms with E-state index in [2.05, 4.69) is 15.5 Å². The Hall–Kier alpha value is -2.19. The second-order valence-corrected chi connectivity index (χ2v) is 6.87. The molecule has 2 rings (SSSR count). The molecule has 0 bridgehead atoms. The summed E-state index contributed by atoms with van der Waals surface area (Å²) in [5, 5.41) is 11.4. The molecule has 7 nitrogen and oxygen atoms in total. The Morgan fingerprint density at radius 3 is 2.56 bits per heavy atom. The van der Waals surface area contributed by atoms with Crippen LogP contribution in [0.1, 0.15) is 30.0 Å². The fraction of sp³-hybridized carbons (Fsp3) is 0.412. The van der Waals surface area contributed by atoms with Crippen molar-refractivity contribution < 1.29 is 14.3 Å². The van der Waals surface area contributed by atoms with Crippen molar-refractivity contribution in [2.45, 2.75) is 37.7 Å². The molecule has 0 aliphatic rings. The number of ether oxygens (including phenoxy) is 1. The lowest BCUT2D eigenvalue weighted by molar-refractivity contribution is -0.115. The number of ketones is 1. The number of aromatic nitrogens is 3. The molecule has 25 heavy (non-hydrogen) atoms.